The van der Waals surface area contributed by atoms with E-state index in [9.17, 15) is 0 Å². The van der Waals surface area contributed by atoms with Crippen LogP contribution in [0.2, 0.25) is 0 Å². The molecule has 4 heterocycles. The fourth-order valence-electron chi connectivity index (χ4n) is 9.97. The average Bonchev–Trinajstić information content (AvgIpc) is 3.89. The Bertz CT molecular complexity index is 2790. The van der Waals surface area contributed by atoms with E-state index >= 15 is 0 Å². The van der Waals surface area contributed by atoms with Gasteiger partial charge in [-0.25, -0.2) is 0 Å². The van der Waals surface area contributed by atoms with Gasteiger partial charge in [0.05, 0.1) is 0 Å². The summed E-state index contributed by atoms with van der Waals surface area (Å²) in [6.45, 7) is 0.223. The number of aromatic nitrogens is 2. The van der Waals surface area contributed by atoms with Crippen LogP contribution in [0.4, 0.5) is 0 Å². The summed E-state index contributed by atoms with van der Waals surface area (Å²) in [7, 11) is 0. The second-order valence-electron chi connectivity index (χ2n) is 14.9. The summed E-state index contributed by atoms with van der Waals surface area (Å²) < 4.78 is 8.29. The number of nitrogens with zero attached hydrogens (tertiary/aromatic N) is 2. The predicted octanol–water partition coefficient (Wildman–Crippen LogP) is 7.56. The van der Waals surface area contributed by atoms with Crippen LogP contribution >= 0.6 is 11.8 Å². The Labute approximate surface area is 315 Å². The minimum atomic E-state index is 0.215. The Morgan fingerprint density at radius 1 is 0.500 bits per heavy atom. The number of hydrogen-bond donors (Lipinski definition) is 0. The van der Waals surface area contributed by atoms with Gasteiger partial charge in [0.1, 0.15) is 0 Å². The molecule has 0 radical (unpaired) electrons. The molecule has 52 heavy (non-hydrogen) atoms. The zero-order valence-electron chi connectivity index (χ0n) is 28.9. The first kappa shape index (κ1) is 29.9. The van der Waals surface area contributed by atoms with Crippen molar-refractivity contribution in [1.82, 2.24) is 9.13 Å². The van der Waals surface area contributed by atoms with Gasteiger partial charge in [-0.1, -0.05) is 0 Å². The molecule has 2 aliphatic heterocycles. The zero-order chi connectivity index (χ0) is 33.9. The second kappa shape index (κ2) is 11.4. The van der Waals surface area contributed by atoms with Crippen molar-refractivity contribution in [3.8, 4) is 22.5 Å². The number of rotatable bonds is 3. The Hall–Kier alpha value is -4.67. The van der Waals surface area contributed by atoms with Crippen molar-refractivity contribution in [2.45, 2.75) is 54.7 Å². The predicted molar refractivity (Wildman–Crippen MR) is 221 cm³/mol. The first-order chi connectivity index (χ1) is 25.8. The van der Waals surface area contributed by atoms with Crippen molar-refractivity contribution < 1.29 is 0 Å². The summed E-state index contributed by atoms with van der Waals surface area (Å²) in [6.07, 6.45) is 8.49. The van der Waals surface area contributed by atoms with Crippen LogP contribution in [0.3, 0.4) is 0 Å². The molecule has 6 aromatic carbocycles. The third kappa shape index (κ3) is 4.28. The summed E-state index contributed by atoms with van der Waals surface area (Å²) in [5, 5.41) is 2.87. The molecule has 0 fully saturated rings. The third-order valence-corrected chi connectivity index (χ3v) is 15.7. The standard InChI is InChI=1S/C47H35BN2SSe/c1-2-11-29(12-3-1)30-21-24-45-38(25-30)48-37-23-22-31(49-39-17-7-4-15-35(39)36-16-10-20-42(36)49)26-43(37)51-44-27-32(28-46(52-45)47(44)48)50-40-18-8-5-13-33(40)34-14-6-9-19-41(34)50/h1-5,7-8,11-13,15,17-18,21-28H,6,9-10,14,16,19-20H2. The van der Waals surface area contributed by atoms with E-state index in [4.69, 9.17) is 0 Å². The summed E-state index contributed by atoms with van der Waals surface area (Å²) in [5.74, 6) is 0. The summed E-state index contributed by atoms with van der Waals surface area (Å²) in [6, 6.07) is 49.0. The van der Waals surface area contributed by atoms with Crippen LogP contribution in [0, 0.1) is 0 Å². The van der Waals surface area contributed by atoms with Crippen LogP contribution < -0.4 is 25.3 Å². The van der Waals surface area contributed by atoms with Crippen LogP contribution in [-0.2, 0) is 25.7 Å². The number of para-hydroxylation sites is 2. The van der Waals surface area contributed by atoms with Gasteiger partial charge in [-0.2, -0.15) is 0 Å². The van der Waals surface area contributed by atoms with E-state index in [-0.39, 0.29) is 21.7 Å². The number of aryl methyl sites for hydroxylation is 2. The molecule has 0 spiro atoms. The first-order valence-corrected chi connectivity index (χ1v) is 21.4. The summed E-state index contributed by atoms with van der Waals surface area (Å²) in [5.41, 5.74) is 18.6. The fourth-order valence-corrected chi connectivity index (χ4v) is 13.8. The molecule has 8 aromatic rings. The molecule has 4 aliphatic rings. The fraction of sp³-hybridized carbons (Fsp3) is 0.149. The summed E-state index contributed by atoms with van der Waals surface area (Å²) in [4.78, 5) is 2.83. The molecular formula is C47H35BN2SSe. The molecule has 0 saturated carbocycles. The van der Waals surface area contributed by atoms with Gasteiger partial charge >= 0.3 is 317 Å². The Morgan fingerprint density at radius 2 is 1.17 bits per heavy atom. The van der Waals surface area contributed by atoms with Gasteiger partial charge in [0.25, 0.3) is 0 Å². The molecule has 0 atom stereocenters. The second-order valence-corrected chi connectivity index (χ2v) is 18.3. The van der Waals surface area contributed by atoms with Gasteiger partial charge in [-0.05, 0) is 0 Å². The van der Waals surface area contributed by atoms with Crippen molar-refractivity contribution in [1.29, 1.82) is 0 Å². The number of fused-ring (bicyclic) bond motifs is 10. The van der Waals surface area contributed by atoms with Gasteiger partial charge in [0, 0.05) is 0 Å². The minimum absolute atomic E-state index is 0.215. The first-order valence-electron chi connectivity index (χ1n) is 18.9. The normalized spacial score (nSPS) is 15.3. The molecule has 2 aromatic heterocycles. The van der Waals surface area contributed by atoms with E-state index in [0.717, 1.165) is 12.8 Å². The molecule has 2 aliphatic carbocycles. The van der Waals surface area contributed by atoms with E-state index in [0.29, 0.717) is 0 Å². The SMILES string of the molecule is c1ccc(-c2ccc3c(c2)B2c4ccc(-n5c6c(c7ccccc75)CCC6)cc4Sc4cc(-n5c6c(c7ccccc75)CCCC6)cc(c42)[Se]3)cc1. The van der Waals surface area contributed by atoms with E-state index in [2.05, 4.69) is 137 Å². The molecule has 0 amide bonds. The Kier molecular flexibility index (Phi) is 6.56. The molecule has 0 unspecified atom stereocenters. The van der Waals surface area contributed by atoms with Crippen LogP contribution in [0.5, 0.6) is 0 Å². The van der Waals surface area contributed by atoms with Crippen LogP contribution in [-0.4, -0.2) is 30.8 Å². The number of hydrogen-bond acceptors (Lipinski definition) is 1. The van der Waals surface area contributed by atoms with Crippen molar-refractivity contribution in [3.05, 3.63) is 150 Å². The van der Waals surface area contributed by atoms with Crippen molar-refractivity contribution in [2.75, 3.05) is 0 Å². The van der Waals surface area contributed by atoms with Crippen molar-refractivity contribution >= 4 is 80.5 Å². The molecule has 12 rings (SSSR count). The van der Waals surface area contributed by atoms with Gasteiger partial charge in [0.15, 0.2) is 0 Å². The zero-order valence-corrected chi connectivity index (χ0v) is 31.4. The quantitative estimate of drug-likeness (QED) is 0.170. The van der Waals surface area contributed by atoms with E-state index < -0.39 is 0 Å². The van der Waals surface area contributed by atoms with E-state index in [1.54, 1.807) is 21.1 Å². The van der Waals surface area contributed by atoms with Crippen LogP contribution in [0.25, 0.3) is 44.3 Å². The summed E-state index contributed by atoms with van der Waals surface area (Å²) >= 11 is 2.23. The third-order valence-electron chi connectivity index (χ3n) is 12.2. The van der Waals surface area contributed by atoms with E-state index in [1.165, 1.54) is 113 Å². The number of benzene rings is 6. The van der Waals surface area contributed by atoms with E-state index in [1.807, 2.05) is 11.8 Å². The average molecular weight is 750 g/mol. The molecule has 0 bridgehead atoms. The van der Waals surface area contributed by atoms with Crippen LogP contribution in [0.15, 0.2) is 137 Å². The van der Waals surface area contributed by atoms with Crippen molar-refractivity contribution in [3.63, 3.8) is 0 Å². The van der Waals surface area contributed by atoms with Crippen LogP contribution in [0.1, 0.15) is 41.8 Å². The maximum atomic E-state index is 2.64. The van der Waals surface area contributed by atoms with Gasteiger partial charge < -0.3 is 0 Å². The molecule has 5 heteroatoms. The Morgan fingerprint density at radius 3 is 1.98 bits per heavy atom. The van der Waals surface area contributed by atoms with Gasteiger partial charge in [-0.15, -0.1) is 0 Å². The molecule has 0 N–H and O–H groups in total. The van der Waals surface area contributed by atoms with Crippen molar-refractivity contribution in [2.24, 2.45) is 0 Å². The molecule has 248 valence electrons. The topological polar surface area (TPSA) is 9.86 Å². The Balaban J connectivity index is 1.09. The van der Waals surface area contributed by atoms with Gasteiger partial charge in [0.2, 0.25) is 0 Å². The van der Waals surface area contributed by atoms with Gasteiger partial charge in [-0.3, -0.25) is 0 Å². The molecule has 0 saturated heterocycles. The maximum absolute atomic E-state index is 2.64. The molecular weight excluding hydrogens is 714 g/mol. The molecule has 2 nitrogen and oxygen atoms in total. The monoisotopic (exact) mass is 750 g/mol.